The van der Waals surface area contributed by atoms with Gasteiger partial charge in [-0.25, -0.2) is 0 Å². The number of nitrogens with zero attached hydrogens (tertiary/aromatic N) is 1. The maximum absolute atomic E-state index is 10.2. The van der Waals surface area contributed by atoms with Crippen LogP contribution < -0.4 is 5.73 Å². The molecule has 0 saturated heterocycles. The van der Waals surface area contributed by atoms with Crippen LogP contribution in [0, 0.1) is 10.1 Å². The first kappa shape index (κ1) is 9.73. The summed E-state index contributed by atoms with van der Waals surface area (Å²) in [6, 6.07) is 3.01. The van der Waals surface area contributed by atoms with E-state index in [9.17, 15) is 10.1 Å². The number of hydrogen-bond acceptors (Lipinski definition) is 4. The molecule has 0 radical (unpaired) electrons. The van der Waals surface area contributed by atoms with E-state index in [-0.39, 0.29) is 5.88 Å². The monoisotopic (exact) mass is 184 g/mol. The van der Waals surface area contributed by atoms with E-state index in [4.69, 9.17) is 10.2 Å². The predicted octanol–water partition coefficient (Wildman–Crippen LogP) is 1.47. The van der Waals surface area contributed by atoms with Gasteiger partial charge in [0.15, 0.2) is 0 Å². The highest BCUT2D eigenvalue weighted by Gasteiger charge is 2.10. The number of nitro groups is 1. The van der Waals surface area contributed by atoms with Crippen LogP contribution in [-0.2, 0) is 6.42 Å². The molecule has 0 aliphatic rings. The zero-order valence-electron chi connectivity index (χ0n) is 7.23. The van der Waals surface area contributed by atoms with Gasteiger partial charge < -0.3 is 10.2 Å². The Morgan fingerprint density at radius 1 is 1.46 bits per heavy atom. The van der Waals surface area contributed by atoms with E-state index in [2.05, 4.69) is 0 Å². The number of unbranched alkanes of at least 4 members (excludes halogenated alkanes) is 1. The van der Waals surface area contributed by atoms with E-state index in [1.807, 2.05) is 0 Å². The molecule has 0 bridgehead atoms. The summed E-state index contributed by atoms with van der Waals surface area (Å²) in [5, 5.41) is 10.2. The minimum atomic E-state index is -0.535. The molecule has 0 aliphatic carbocycles. The van der Waals surface area contributed by atoms with Crippen molar-refractivity contribution >= 4 is 5.88 Å². The normalized spacial score (nSPS) is 10.2. The van der Waals surface area contributed by atoms with Gasteiger partial charge in [-0.2, -0.15) is 0 Å². The second kappa shape index (κ2) is 4.61. The van der Waals surface area contributed by atoms with Crippen LogP contribution in [0.3, 0.4) is 0 Å². The van der Waals surface area contributed by atoms with Crippen molar-refractivity contribution < 1.29 is 9.34 Å². The summed E-state index contributed by atoms with van der Waals surface area (Å²) in [4.78, 5) is 9.70. The van der Waals surface area contributed by atoms with E-state index >= 15 is 0 Å². The third-order valence-electron chi connectivity index (χ3n) is 1.70. The van der Waals surface area contributed by atoms with E-state index in [0.717, 1.165) is 12.8 Å². The van der Waals surface area contributed by atoms with Crippen LogP contribution in [0.4, 0.5) is 5.88 Å². The van der Waals surface area contributed by atoms with Gasteiger partial charge in [0.1, 0.15) is 10.7 Å². The minimum Gasteiger partial charge on any atom is -0.406 e. The molecule has 2 N–H and O–H groups in total. The molecule has 0 saturated carbocycles. The second-order valence-corrected chi connectivity index (χ2v) is 2.74. The third kappa shape index (κ3) is 2.87. The molecule has 0 spiro atoms. The van der Waals surface area contributed by atoms with Gasteiger partial charge in [-0.15, -0.1) is 0 Å². The Labute approximate surface area is 75.7 Å². The Bertz CT molecular complexity index is 283. The van der Waals surface area contributed by atoms with Crippen LogP contribution in [0.1, 0.15) is 18.6 Å². The number of hydrogen-bond donors (Lipinski definition) is 1. The Balaban J connectivity index is 2.44. The molecule has 0 atom stereocenters. The van der Waals surface area contributed by atoms with E-state index in [1.54, 1.807) is 6.07 Å². The van der Waals surface area contributed by atoms with Crippen LogP contribution in [0.25, 0.3) is 0 Å². The van der Waals surface area contributed by atoms with Crippen molar-refractivity contribution in [1.29, 1.82) is 0 Å². The smallest absolute Gasteiger partial charge is 0.406 e. The van der Waals surface area contributed by atoms with Gasteiger partial charge in [0.25, 0.3) is 0 Å². The highest BCUT2D eigenvalue weighted by atomic mass is 16.6. The summed E-state index contributed by atoms with van der Waals surface area (Å²) in [7, 11) is 0. The molecular weight excluding hydrogens is 172 g/mol. The van der Waals surface area contributed by atoms with Crippen molar-refractivity contribution in [3.05, 3.63) is 28.0 Å². The fraction of sp³-hybridized carbons (Fsp3) is 0.500. The summed E-state index contributed by atoms with van der Waals surface area (Å²) < 4.78 is 4.95. The van der Waals surface area contributed by atoms with Gasteiger partial charge in [0.05, 0.1) is 6.07 Å². The SMILES string of the molecule is NCCCCc1ccc([N+](=O)[O-])o1. The fourth-order valence-electron chi connectivity index (χ4n) is 1.04. The third-order valence-corrected chi connectivity index (χ3v) is 1.70. The molecule has 0 aliphatic heterocycles. The highest BCUT2D eigenvalue weighted by molar-refractivity contribution is 5.17. The topological polar surface area (TPSA) is 82.3 Å². The van der Waals surface area contributed by atoms with Gasteiger partial charge in [-0.05, 0) is 25.5 Å². The molecule has 0 fully saturated rings. The maximum Gasteiger partial charge on any atom is 0.433 e. The molecule has 0 unspecified atom stereocenters. The first-order chi connectivity index (χ1) is 6.24. The number of furan rings is 1. The van der Waals surface area contributed by atoms with Crippen molar-refractivity contribution in [2.45, 2.75) is 19.3 Å². The lowest BCUT2D eigenvalue weighted by Crippen LogP contribution is -1.98. The Morgan fingerprint density at radius 2 is 2.23 bits per heavy atom. The predicted molar refractivity (Wildman–Crippen MR) is 47.4 cm³/mol. The summed E-state index contributed by atoms with van der Waals surface area (Å²) >= 11 is 0. The van der Waals surface area contributed by atoms with Gasteiger partial charge in [0, 0.05) is 6.42 Å². The molecule has 1 heterocycles. The molecule has 5 heteroatoms. The Kier molecular flexibility index (Phi) is 3.45. The standard InChI is InChI=1S/C8H12N2O3/c9-6-2-1-3-7-4-5-8(13-7)10(11)12/h4-5H,1-3,6,9H2. The molecule has 1 rings (SSSR count). The molecule has 5 nitrogen and oxygen atoms in total. The number of nitrogens with two attached hydrogens (primary N) is 1. The first-order valence-electron chi connectivity index (χ1n) is 4.17. The Morgan fingerprint density at radius 3 is 2.77 bits per heavy atom. The van der Waals surface area contributed by atoms with Crippen molar-refractivity contribution in [2.75, 3.05) is 6.54 Å². The molecule has 72 valence electrons. The molecule has 0 amide bonds. The first-order valence-corrected chi connectivity index (χ1v) is 4.17. The van der Waals surface area contributed by atoms with Crippen LogP contribution in [0.15, 0.2) is 16.5 Å². The minimum absolute atomic E-state index is 0.192. The van der Waals surface area contributed by atoms with E-state index < -0.39 is 4.92 Å². The summed E-state index contributed by atoms with van der Waals surface area (Å²) in [5.41, 5.74) is 5.31. The average Bonchev–Trinajstić information content (AvgIpc) is 2.53. The summed E-state index contributed by atoms with van der Waals surface area (Å²) in [5.74, 6) is 0.461. The number of rotatable bonds is 5. The van der Waals surface area contributed by atoms with Crippen molar-refractivity contribution in [1.82, 2.24) is 0 Å². The second-order valence-electron chi connectivity index (χ2n) is 2.74. The molecule has 1 aromatic heterocycles. The summed E-state index contributed by atoms with van der Waals surface area (Å²) in [6.07, 6.45) is 2.53. The van der Waals surface area contributed by atoms with E-state index in [1.165, 1.54) is 6.07 Å². The average molecular weight is 184 g/mol. The summed E-state index contributed by atoms with van der Waals surface area (Å²) in [6.45, 7) is 0.642. The van der Waals surface area contributed by atoms with E-state index in [0.29, 0.717) is 18.7 Å². The van der Waals surface area contributed by atoms with Gasteiger partial charge >= 0.3 is 5.88 Å². The largest absolute Gasteiger partial charge is 0.433 e. The quantitative estimate of drug-likeness (QED) is 0.426. The van der Waals surface area contributed by atoms with Crippen molar-refractivity contribution in [3.63, 3.8) is 0 Å². The van der Waals surface area contributed by atoms with Gasteiger partial charge in [-0.3, -0.25) is 10.1 Å². The van der Waals surface area contributed by atoms with Gasteiger partial charge in [0.2, 0.25) is 0 Å². The van der Waals surface area contributed by atoms with Crippen LogP contribution >= 0.6 is 0 Å². The zero-order chi connectivity index (χ0) is 9.68. The van der Waals surface area contributed by atoms with Gasteiger partial charge in [-0.1, -0.05) is 0 Å². The molecular formula is C8H12N2O3. The fourth-order valence-corrected chi connectivity index (χ4v) is 1.04. The van der Waals surface area contributed by atoms with Crippen molar-refractivity contribution in [2.24, 2.45) is 5.73 Å². The molecule has 1 aromatic rings. The van der Waals surface area contributed by atoms with Crippen LogP contribution in [0.5, 0.6) is 0 Å². The lowest BCUT2D eigenvalue weighted by molar-refractivity contribution is -0.402. The zero-order valence-corrected chi connectivity index (χ0v) is 7.23. The lowest BCUT2D eigenvalue weighted by Gasteiger charge is -1.93. The highest BCUT2D eigenvalue weighted by Crippen LogP contribution is 2.16. The van der Waals surface area contributed by atoms with Crippen LogP contribution in [0.2, 0.25) is 0 Å². The maximum atomic E-state index is 10.2. The molecule has 0 aromatic carbocycles. The van der Waals surface area contributed by atoms with Crippen LogP contribution in [-0.4, -0.2) is 11.5 Å². The number of aryl methyl sites for hydroxylation is 1. The Hall–Kier alpha value is -1.36. The van der Waals surface area contributed by atoms with Crippen molar-refractivity contribution in [3.8, 4) is 0 Å². The molecule has 13 heavy (non-hydrogen) atoms. The lowest BCUT2D eigenvalue weighted by atomic mass is 10.2.